The molecule has 4 N–H and O–H groups in total. The van der Waals surface area contributed by atoms with Crippen LogP contribution in [-0.2, 0) is 0 Å². The fourth-order valence-electron chi connectivity index (χ4n) is 1.79. The molecule has 0 saturated heterocycles. The molecular weight excluding hydrogens is 228 g/mol. The van der Waals surface area contributed by atoms with Crippen molar-refractivity contribution in [1.82, 2.24) is 0 Å². The van der Waals surface area contributed by atoms with Gasteiger partial charge in [-0.15, -0.1) is 0 Å². The number of benzene rings is 2. The van der Waals surface area contributed by atoms with Gasteiger partial charge in [0, 0.05) is 5.69 Å². The lowest BCUT2D eigenvalue weighted by Gasteiger charge is -2.13. The summed E-state index contributed by atoms with van der Waals surface area (Å²) in [6, 6.07) is 12.7. The van der Waals surface area contributed by atoms with Gasteiger partial charge in [0.25, 0.3) is 0 Å². The summed E-state index contributed by atoms with van der Waals surface area (Å²) in [7, 11) is 0. The quantitative estimate of drug-likeness (QED) is 0.723. The lowest BCUT2D eigenvalue weighted by molar-refractivity contribution is 0.0698. The van der Waals surface area contributed by atoms with Crippen LogP contribution in [0.1, 0.15) is 15.9 Å². The highest BCUT2D eigenvalue weighted by molar-refractivity contribution is 5.99. The number of hydrogen-bond donors (Lipinski definition) is 3. The Labute approximate surface area is 105 Å². The lowest BCUT2D eigenvalue weighted by atomic mass is 10.1. The molecule has 92 valence electrons. The Morgan fingerprint density at radius 2 is 1.89 bits per heavy atom. The van der Waals surface area contributed by atoms with Crippen molar-refractivity contribution in [2.75, 3.05) is 11.1 Å². The number of hydrogen-bond acceptors (Lipinski definition) is 3. The number of rotatable bonds is 3. The molecule has 0 atom stereocenters. The molecule has 0 saturated carbocycles. The summed E-state index contributed by atoms with van der Waals surface area (Å²) in [6.45, 7) is 1.81. The smallest absolute Gasteiger partial charge is 0.337 e. The predicted octanol–water partition coefficient (Wildman–Crippen LogP) is 3.02. The van der Waals surface area contributed by atoms with E-state index in [0.717, 1.165) is 11.3 Å². The third-order valence-corrected chi connectivity index (χ3v) is 2.59. The highest BCUT2D eigenvalue weighted by Crippen LogP contribution is 2.28. The molecule has 2 rings (SSSR count). The molecule has 0 aromatic heterocycles. The molecule has 2 aromatic carbocycles. The van der Waals surface area contributed by atoms with Crippen LogP contribution < -0.4 is 11.1 Å². The van der Waals surface area contributed by atoms with Crippen LogP contribution in [0, 0.1) is 6.92 Å². The molecule has 0 heterocycles. The van der Waals surface area contributed by atoms with Crippen molar-refractivity contribution in [3.8, 4) is 0 Å². The topological polar surface area (TPSA) is 75.3 Å². The van der Waals surface area contributed by atoms with Gasteiger partial charge in [-0.1, -0.05) is 18.2 Å². The summed E-state index contributed by atoms with van der Waals surface area (Å²) in [4.78, 5) is 11.2. The summed E-state index contributed by atoms with van der Waals surface area (Å²) < 4.78 is 0. The Morgan fingerprint density at radius 3 is 2.50 bits per heavy atom. The third kappa shape index (κ3) is 2.43. The van der Waals surface area contributed by atoms with Crippen molar-refractivity contribution in [2.45, 2.75) is 6.92 Å². The molecule has 18 heavy (non-hydrogen) atoms. The van der Waals surface area contributed by atoms with Gasteiger partial charge in [-0.25, -0.2) is 4.79 Å². The van der Waals surface area contributed by atoms with E-state index in [1.54, 1.807) is 12.1 Å². The van der Waals surface area contributed by atoms with Gasteiger partial charge in [0.1, 0.15) is 0 Å². The Kier molecular flexibility index (Phi) is 3.19. The Hall–Kier alpha value is -2.49. The SMILES string of the molecule is Cc1cc(N)c(Nc2ccccc2)c(C(=O)O)c1. The average Bonchev–Trinajstić information content (AvgIpc) is 2.33. The van der Waals surface area contributed by atoms with Gasteiger partial charge in [0.05, 0.1) is 16.9 Å². The van der Waals surface area contributed by atoms with E-state index in [1.165, 1.54) is 0 Å². The van der Waals surface area contributed by atoms with Gasteiger partial charge in [-0.05, 0) is 36.8 Å². The van der Waals surface area contributed by atoms with Crippen LogP contribution in [-0.4, -0.2) is 11.1 Å². The minimum atomic E-state index is -0.996. The first kappa shape index (κ1) is 12.0. The minimum Gasteiger partial charge on any atom is -0.478 e. The van der Waals surface area contributed by atoms with E-state index < -0.39 is 5.97 Å². The Balaban J connectivity index is 2.47. The van der Waals surface area contributed by atoms with Crippen LogP contribution in [0.3, 0.4) is 0 Å². The summed E-state index contributed by atoms with van der Waals surface area (Å²) in [5.41, 5.74) is 8.54. The number of nitrogens with two attached hydrogens (primary N) is 1. The molecule has 0 aliphatic carbocycles. The molecule has 0 radical (unpaired) electrons. The first-order chi connectivity index (χ1) is 8.58. The van der Waals surface area contributed by atoms with Crippen molar-refractivity contribution < 1.29 is 9.90 Å². The lowest BCUT2D eigenvalue weighted by Crippen LogP contribution is -2.06. The zero-order valence-corrected chi connectivity index (χ0v) is 9.97. The molecule has 0 unspecified atom stereocenters. The van der Waals surface area contributed by atoms with Crippen molar-refractivity contribution in [3.05, 3.63) is 53.6 Å². The van der Waals surface area contributed by atoms with Crippen molar-refractivity contribution in [1.29, 1.82) is 0 Å². The maximum absolute atomic E-state index is 11.2. The van der Waals surface area contributed by atoms with E-state index >= 15 is 0 Å². The fourth-order valence-corrected chi connectivity index (χ4v) is 1.79. The second-order valence-corrected chi connectivity index (χ2v) is 4.07. The second kappa shape index (κ2) is 4.79. The number of nitrogens with one attached hydrogen (secondary N) is 1. The number of carbonyl (C=O) groups is 1. The van der Waals surface area contributed by atoms with Crippen LogP contribution in [0.15, 0.2) is 42.5 Å². The molecule has 4 heteroatoms. The number of aryl methyl sites for hydroxylation is 1. The van der Waals surface area contributed by atoms with E-state index in [2.05, 4.69) is 5.32 Å². The standard InChI is InChI=1S/C14H14N2O2/c1-9-7-11(14(17)18)13(12(15)8-9)16-10-5-3-2-4-6-10/h2-8,16H,15H2,1H3,(H,17,18). The number of carboxylic acids is 1. The second-order valence-electron chi connectivity index (χ2n) is 4.07. The Bertz CT molecular complexity index is 580. The van der Waals surface area contributed by atoms with Crippen molar-refractivity contribution in [2.24, 2.45) is 0 Å². The third-order valence-electron chi connectivity index (χ3n) is 2.59. The zero-order chi connectivity index (χ0) is 13.1. The van der Waals surface area contributed by atoms with Gasteiger partial charge in [0.15, 0.2) is 0 Å². The van der Waals surface area contributed by atoms with Crippen LogP contribution >= 0.6 is 0 Å². The highest BCUT2D eigenvalue weighted by Gasteiger charge is 2.13. The van der Waals surface area contributed by atoms with Crippen molar-refractivity contribution >= 4 is 23.0 Å². The summed E-state index contributed by atoms with van der Waals surface area (Å²) in [6.07, 6.45) is 0. The zero-order valence-electron chi connectivity index (χ0n) is 9.97. The van der Waals surface area contributed by atoms with Gasteiger partial charge in [-0.2, -0.15) is 0 Å². The molecule has 0 spiro atoms. The maximum Gasteiger partial charge on any atom is 0.337 e. The molecule has 0 aliphatic heterocycles. The van der Waals surface area contributed by atoms with Crippen LogP contribution in [0.25, 0.3) is 0 Å². The van der Waals surface area contributed by atoms with Gasteiger partial charge in [0.2, 0.25) is 0 Å². The van der Waals surface area contributed by atoms with E-state index in [9.17, 15) is 9.90 Å². The monoisotopic (exact) mass is 242 g/mol. The molecule has 2 aromatic rings. The van der Waals surface area contributed by atoms with E-state index in [1.807, 2.05) is 37.3 Å². The summed E-state index contributed by atoms with van der Waals surface area (Å²) in [5.74, 6) is -0.996. The normalized spacial score (nSPS) is 10.1. The summed E-state index contributed by atoms with van der Waals surface area (Å²) >= 11 is 0. The van der Waals surface area contributed by atoms with Gasteiger partial charge >= 0.3 is 5.97 Å². The maximum atomic E-state index is 11.2. The van der Waals surface area contributed by atoms with E-state index in [-0.39, 0.29) is 5.56 Å². The molecule has 0 bridgehead atoms. The number of nitrogen functional groups attached to an aromatic ring is 1. The molecule has 0 aliphatic rings. The predicted molar refractivity (Wildman–Crippen MR) is 72.3 cm³/mol. The minimum absolute atomic E-state index is 0.177. The first-order valence-electron chi connectivity index (χ1n) is 5.53. The number of para-hydroxylation sites is 1. The van der Waals surface area contributed by atoms with Crippen molar-refractivity contribution in [3.63, 3.8) is 0 Å². The average molecular weight is 242 g/mol. The highest BCUT2D eigenvalue weighted by atomic mass is 16.4. The molecular formula is C14H14N2O2. The number of carboxylic acid groups (broad SMARTS) is 1. The molecule has 0 amide bonds. The van der Waals surface area contributed by atoms with E-state index in [0.29, 0.717) is 11.4 Å². The van der Waals surface area contributed by atoms with Crippen LogP contribution in [0.2, 0.25) is 0 Å². The molecule has 4 nitrogen and oxygen atoms in total. The molecule has 0 fully saturated rings. The largest absolute Gasteiger partial charge is 0.478 e. The summed E-state index contributed by atoms with van der Waals surface area (Å²) in [5, 5.41) is 12.2. The first-order valence-corrected chi connectivity index (χ1v) is 5.53. The van der Waals surface area contributed by atoms with Gasteiger partial charge < -0.3 is 16.2 Å². The Morgan fingerprint density at radius 1 is 1.22 bits per heavy atom. The van der Waals surface area contributed by atoms with E-state index in [4.69, 9.17) is 5.73 Å². The van der Waals surface area contributed by atoms with Crippen LogP contribution in [0.5, 0.6) is 0 Å². The van der Waals surface area contributed by atoms with Crippen LogP contribution in [0.4, 0.5) is 17.1 Å². The number of aromatic carboxylic acids is 1. The number of anilines is 3. The fraction of sp³-hybridized carbons (Fsp3) is 0.0714. The van der Waals surface area contributed by atoms with Gasteiger partial charge in [-0.3, -0.25) is 0 Å².